The number of nitrogens with one attached hydrogen (secondary N) is 1. The zero-order valence-electron chi connectivity index (χ0n) is 12.2. The van der Waals surface area contributed by atoms with Gasteiger partial charge in [0, 0.05) is 24.2 Å². The number of benzene rings is 1. The van der Waals surface area contributed by atoms with Crippen LogP contribution in [0.1, 0.15) is 25.7 Å². The lowest BCUT2D eigenvalue weighted by Gasteiger charge is -2.28. The Balaban J connectivity index is 2.26. The van der Waals surface area contributed by atoms with Gasteiger partial charge < -0.3 is 14.6 Å². The molecule has 118 valence electrons. The summed E-state index contributed by atoms with van der Waals surface area (Å²) < 4.78 is 37.6. The first-order valence-corrected chi connectivity index (χ1v) is 8.38. The summed E-state index contributed by atoms with van der Waals surface area (Å²) in [7, 11) is -0.804. The molecular formula is C14H21NO5S. The van der Waals surface area contributed by atoms with Gasteiger partial charge in [0.2, 0.25) is 10.0 Å². The van der Waals surface area contributed by atoms with Crippen LogP contribution < -0.4 is 14.2 Å². The molecule has 1 fully saturated rings. The van der Waals surface area contributed by atoms with Gasteiger partial charge >= 0.3 is 0 Å². The SMILES string of the molecule is COc1cc(OC)cc(S(=O)(=O)N[C@H]2CCCC[C@@H]2O)c1. The van der Waals surface area contributed by atoms with E-state index < -0.39 is 22.2 Å². The third-order valence-corrected chi connectivity index (χ3v) is 5.14. The van der Waals surface area contributed by atoms with Crippen LogP contribution in [0.15, 0.2) is 23.1 Å². The van der Waals surface area contributed by atoms with Crippen molar-refractivity contribution < 1.29 is 23.0 Å². The Morgan fingerprint density at radius 3 is 2.19 bits per heavy atom. The zero-order valence-corrected chi connectivity index (χ0v) is 13.0. The van der Waals surface area contributed by atoms with Crippen molar-refractivity contribution in [3.63, 3.8) is 0 Å². The van der Waals surface area contributed by atoms with E-state index in [1.54, 1.807) is 6.07 Å². The molecule has 1 aromatic rings. The van der Waals surface area contributed by atoms with E-state index in [-0.39, 0.29) is 4.90 Å². The summed E-state index contributed by atoms with van der Waals surface area (Å²) in [5, 5.41) is 9.90. The average Bonchev–Trinajstić information content (AvgIpc) is 2.48. The number of hydrogen-bond acceptors (Lipinski definition) is 5. The molecule has 0 saturated heterocycles. The molecule has 0 aliphatic heterocycles. The van der Waals surface area contributed by atoms with Gasteiger partial charge in [0.1, 0.15) is 11.5 Å². The molecular weight excluding hydrogens is 294 g/mol. The van der Waals surface area contributed by atoms with Gasteiger partial charge in [0.25, 0.3) is 0 Å². The Morgan fingerprint density at radius 1 is 1.10 bits per heavy atom. The first-order valence-electron chi connectivity index (χ1n) is 6.90. The highest BCUT2D eigenvalue weighted by Crippen LogP contribution is 2.26. The predicted molar refractivity (Wildman–Crippen MR) is 78.1 cm³/mol. The van der Waals surface area contributed by atoms with Gasteiger partial charge in [-0.05, 0) is 12.8 Å². The second-order valence-electron chi connectivity index (χ2n) is 5.13. The minimum Gasteiger partial charge on any atom is -0.497 e. The van der Waals surface area contributed by atoms with E-state index in [2.05, 4.69) is 4.72 Å². The normalized spacial score (nSPS) is 22.8. The van der Waals surface area contributed by atoms with E-state index in [9.17, 15) is 13.5 Å². The average molecular weight is 315 g/mol. The molecule has 0 heterocycles. The van der Waals surface area contributed by atoms with E-state index in [1.165, 1.54) is 26.4 Å². The number of rotatable bonds is 5. The van der Waals surface area contributed by atoms with Crippen molar-refractivity contribution in [1.82, 2.24) is 4.72 Å². The van der Waals surface area contributed by atoms with Crippen LogP contribution in [0.25, 0.3) is 0 Å². The van der Waals surface area contributed by atoms with Gasteiger partial charge in [0.05, 0.1) is 25.2 Å². The molecule has 1 saturated carbocycles. The minimum absolute atomic E-state index is 0.0662. The first-order chi connectivity index (χ1) is 9.96. The van der Waals surface area contributed by atoms with Crippen molar-refractivity contribution in [2.75, 3.05) is 14.2 Å². The van der Waals surface area contributed by atoms with Crippen LogP contribution in [0.4, 0.5) is 0 Å². The van der Waals surface area contributed by atoms with Gasteiger partial charge in [-0.1, -0.05) is 12.8 Å². The summed E-state index contributed by atoms with van der Waals surface area (Å²) >= 11 is 0. The Kier molecular flexibility index (Phi) is 5.08. The summed E-state index contributed by atoms with van der Waals surface area (Å²) in [5.74, 6) is 0.804. The minimum atomic E-state index is -3.73. The highest BCUT2D eigenvalue weighted by atomic mass is 32.2. The summed E-state index contributed by atoms with van der Waals surface area (Å²) in [5.41, 5.74) is 0. The smallest absolute Gasteiger partial charge is 0.241 e. The van der Waals surface area contributed by atoms with Gasteiger partial charge in [0.15, 0.2) is 0 Å². The van der Waals surface area contributed by atoms with Crippen LogP contribution in [-0.4, -0.2) is 39.9 Å². The van der Waals surface area contributed by atoms with Crippen molar-refractivity contribution in [3.05, 3.63) is 18.2 Å². The fraction of sp³-hybridized carbons (Fsp3) is 0.571. The van der Waals surface area contributed by atoms with Crippen LogP contribution in [-0.2, 0) is 10.0 Å². The molecule has 0 radical (unpaired) electrons. The molecule has 7 heteroatoms. The molecule has 0 unspecified atom stereocenters. The number of sulfonamides is 1. The Morgan fingerprint density at radius 2 is 1.67 bits per heavy atom. The Labute approximate surface area is 125 Å². The molecule has 2 N–H and O–H groups in total. The van der Waals surface area contributed by atoms with Crippen molar-refractivity contribution in [2.45, 2.75) is 42.7 Å². The van der Waals surface area contributed by atoms with Gasteiger partial charge in [-0.2, -0.15) is 0 Å². The largest absolute Gasteiger partial charge is 0.497 e. The van der Waals surface area contributed by atoms with E-state index in [0.717, 1.165) is 12.8 Å². The second-order valence-corrected chi connectivity index (χ2v) is 6.84. The van der Waals surface area contributed by atoms with Crippen LogP contribution in [0.3, 0.4) is 0 Å². The molecule has 2 rings (SSSR count). The lowest BCUT2D eigenvalue weighted by Crippen LogP contribution is -2.44. The fourth-order valence-corrected chi connectivity index (χ4v) is 3.80. The van der Waals surface area contributed by atoms with Crippen molar-refractivity contribution >= 4 is 10.0 Å². The van der Waals surface area contributed by atoms with Gasteiger partial charge in [-0.15, -0.1) is 0 Å². The molecule has 2 atom stereocenters. The van der Waals surface area contributed by atoms with Crippen molar-refractivity contribution in [2.24, 2.45) is 0 Å². The third kappa shape index (κ3) is 3.87. The standard InChI is InChI=1S/C14H21NO5S/c1-19-10-7-11(20-2)9-12(8-10)21(17,18)15-13-5-3-4-6-14(13)16/h7-9,13-16H,3-6H2,1-2H3/t13-,14-/m0/s1. The van der Waals surface area contributed by atoms with Crippen molar-refractivity contribution in [1.29, 1.82) is 0 Å². The number of ether oxygens (including phenoxy) is 2. The highest BCUT2D eigenvalue weighted by Gasteiger charge is 2.28. The molecule has 21 heavy (non-hydrogen) atoms. The van der Waals surface area contributed by atoms with Gasteiger partial charge in [-0.3, -0.25) is 0 Å². The third-order valence-electron chi connectivity index (χ3n) is 3.67. The summed E-state index contributed by atoms with van der Waals surface area (Å²) in [6.07, 6.45) is 2.45. The molecule has 0 bridgehead atoms. The summed E-state index contributed by atoms with van der Waals surface area (Å²) in [6.45, 7) is 0. The summed E-state index contributed by atoms with van der Waals surface area (Å²) in [4.78, 5) is 0.0662. The van der Waals surface area contributed by atoms with Gasteiger partial charge in [-0.25, -0.2) is 13.1 Å². The number of aliphatic hydroxyl groups is 1. The van der Waals surface area contributed by atoms with E-state index in [4.69, 9.17) is 9.47 Å². The molecule has 0 aromatic heterocycles. The molecule has 6 nitrogen and oxygen atoms in total. The van der Waals surface area contributed by atoms with E-state index >= 15 is 0 Å². The Bertz CT molecular complexity index is 565. The van der Waals surface area contributed by atoms with E-state index in [0.29, 0.717) is 24.3 Å². The van der Waals surface area contributed by atoms with Crippen LogP contribution in [0.5, 0.6) is 11.5 Å². The Hall–Kier alpha value is -1.31. The molecule has 0 spiro atoms. The number of hydrogen-bond donors (Lipinski definition) is 2. The maximum atomic E-state index is 12.4. The van der Waals surface area contributed by atoms with Crippen LogP contribution in [0.2, 0.25) is 0 Å². The maximum absolute atomic E-state index is 12.4. The first kappa shape index (κ1) is 16.1. The van der Waals surface area contributed by atoms with Crippen LogP contribution >= 0.6 is 0 Å². The molecule has 1 aromatic carbocycles. The van der Waals surface area contributed by atoms with Crippen molar-refractivity contribution in [3.8, 4) is 11.5 Å². The monoisotopic (exact) mass is 315 g/mol. The lowest BCUT2D eigenvalue weighted by molar-refractivity contribution is 0.101. The molecule has 1 aliphatic rings. The second kappa shape index (κ2) is 6.64. The maximum Gasteiger partial charge on any atom is 0.241 e. The van der Waals surface area contributed by atoms with Crippen LogP contribution in [0, 0.1) is 0 Å². The quantitative estimate of drug-likeness (QED) is 0.855. The zero-order chi connectivity index (χ0) is 15.5. The molecule has 0 amide bonds. The summed E-state index contributed by atoms with van der Waals surface area (Å²) in [6, 6.07) is 4.02. The predicted octanol–water partition coefficient (Wildman–Crippen LogP) is 1.29. The topological polar surface area (TPSA) is 84.9 Å². The lowest BCUT2D eigenvalue weighted by atomic mass is 9.93. The number of aliphatic hydroxyl groups excluding tert-OH is 1. The number of methoxy groups -OCH3 is 2. The highest BCUT2D eigenvalue weighted by molar-refractivity contribution is 7.89. The fourth-order valence-electron chi connectivity index (χ4n) is 2.45. The van der Waals surface area contributed by atoms with E-state index in [1.807, 2.05) is 0 Å². The molecule has 1 aliphatic carbocycles.